The second kappa shape index (κ2) is 13.2. The summed E-state index contributed by atoms with van der Waals surface area (Å²) >= 11 is 7.16. The third kappa shape index (κ3) is 7.10. The van der Waals surface area contributed by atoms with Gasteiger partial charge in [-0.2, -0.15) is 5.10 Å². The van der Waals surface area contributed by atoms with E-state index in [9.17, 15) is 19.2 Å². The average molecular weight is 568 g/mol. The van der Waals surface area contributed by atoms with Crippen LogP contribution in [-0.2, 0) is 27.2 Å². The Morgan fingerprint density at radius 2 is 1.72 bits per heavy atom. The minimum absolute atomic E-state index is 0.197. The summed E-state index contributed by atoms with van der Waals surface area (Å²) in [6.07, 6.45) is 5.78. The number of para-hydroxylation sites is 1. The number of hydrogen-bond acceptors (Lipinski definition) is 8. The predicted octanol–water partition coefficient (Wildman–Crippen LogP) is 5.16. The van der Waals surface area contributed by atoms with Gasteiger partial charge in [-0.3, -0.25) is 9.59 Å². The quantitative estimate of drug-likeness (QED) is 0.102. The summed E-state index contributed by atoms with van der Waals surface area (Å²) in [5.74, 6) is -2.91. The molecule has 2 N–H and O–H groups in total. The number of hydrogen-bond donors (Lipinski definition) is 2. The fraction of sp³-hybridized carbons (Fsp3) is 0.250. The van der Waals surface area contributed by atoms with Crippen molar-refractivity contribution in [2.45, 2.75) is 39.0 Å². The average Bonchev–Trinajstić information content (AvgIpc) is 3.09. The highest BCUT2D eigenvalue weighted by atomic mass is 35.5. The number of fused-ring (bicyclic) bond motifs is 1. The number of amides is 2. The number of benzene rings is 2. The summed E-state index contributed by atoms with van der Waals surface area (Å²) in [7, 11) is 0. The fourth-order valence-corrected chi connectivity index (χ4v) is 5.44. The van der Waals surface area contributed by atoms with Gasteiger partial charge in [-0.25, -0.2) is 15.0 Å². The molecule has 202 valence electrons. The largest absolute Gasteiger partial charge is 0.462 e. The van der Waals surface area contributed by atoms with Crippen LogP contribution in [0.4, 0.5) is 5.00 Å². The number of nitrogens with one attached hydrogen (secondary N) is 2. The topological polar surface area (TPSA) is 123 Å². The normalized spacial score (nSPS) is 12.8. The molecule has 0 saturated carbocycles. The number of ether oxygens (including phenoxy) is 2. The van der Waals surface area contributed by atoms with Crippen molar-refractivity contribution in [3.05, 3.63) is 80.7 Å². The van der Waals surface area contributed by atoms with Gasteiger partial charge in [0.15, 0.2) is 0 Å². The SMILES string of the molecule is CCOC(=O)c1c(NC(=O)C(=O)N/N=C/c2ccccc2OC(=O)c2ccc(Cl)cc2)sc2c1CCCCC2. The number of thiophene rings is 1. The van der Waals surface area contributed by atoms with Crippen LogP contribution in [0.1, 0.15) is 62.9 Å². The van der Waals surface area contributed by atoms with Gasteiger partial charge >= 0.3 is 23.8 Å². The molecule has 0 spiro atoms. The van der Waals surface area contributed by atoms with Crippen LogP contribution in [0.3, 0.4) is 0 Å². The minimum atomic E-state index is -1.03. The van der Waals surface area contributed by atoms with Gasteiger partial charge in [-0.15, -0.1) is 11.3 Å². The first kappa shape index (κ1) is 28.0. The van der Waals surface area contributed by atoms with Crippen LogP contribution >= 0.6 is 22.9 Å². The van der Waals surface area contributed by atoms with Gasteiger partial charge in [0, 0.05) is 15.5 Å². The first-order chi connectivity index (χ1) is 18.9. The minimum Gasteiger partial charge on any atom is -0.462 e. The predicted molar refractivity (Wildman–Crippen MR) is 149 cm³/mol. The molecule has 0 radical (unpaired) electrons. The molecule has 0 saturated heterocycles. The van der Waals surface area contributed by atoms with Crippen LogP contribution in [0.5, 0.6) is 5.75 Å². The first-order valence-corrected chi connectivity index (χ1v) is 13.6. The van der Waals surface area contributed by atoms with E-state index in [1.165, 1.54) is 17.6 Å². The molecule has 11 heteroatoms. The second-order valence-corrected chi connectivity index (χ2v) is 10.1. The van der Waals surface area contributed by atoms with E-state index < -0.39 is 23.8 Å². The summed E-state index contributed by atoms with van der Waals surface area (Å²) in [5.41, 5.74) is 4.07. The number of aryl methyl sites for hydroxylation is 1. The zero-order valence-corrected chi connectivity index (χ0v) is 22.7. The molecule has 2 aromatic carbocycles. The van der Waals surface area contributed by atoms with Gasteiger partial charge in [0.25, 0.3) is 0 Å². The van der Waals surface area contributed by atoms with Gasteiger partial charge < -0.3 is 14.8 Å². The van der Waals surface area contributed by atoms with Crippen molar-refractivity contribution in [1.29, 1.82) is 0 Å². The monoisotopic (exact) mass is 567 g/mol. The van der Waals surface area contributed by atoms with E-state index in [4.69, 9.17) is 21.1 Å². The van der Waals surface area contributed by atoms with Gasteiger partial charge in [-0.1, -0.05) is 30.2 Å². The standard InChI is InChI=1S/C28H26ClN3O6S/c1-2-37-28(36)23-20-9-4-3-5-11-22(20)39-26(23)31-24(33)25(34)32-30-16-18-8-6-7-10-21(18)38-27(35)17-12-14-19(29)15-13-17/h6-8,10,12-16H,2-5,9,11H2,1H3,(H,31,33)(H,32,34)/b30-16+. The fourth-order valence-electron chi connectivity index (χ4n) is 4.05. The Kier molecular flexibility index (Phi) is 9.45. The molecule has 0 unspecified atom stereocenters. The van der Waals surface area contributed by atoms with Crippen LogP contribution in [0.25, 0.3) is 0 Å². The number of carbonyl (C=O) groups is 4. The Labute approximate surface area is 234 Å². The third-order valence-electron chi connectivity index (χ3n) is 5.91. The second-order valence-electron chi connectivity index (χ2n) is 8.58. The molecule has 0 bridgehead atoms. The Bertz CT molecular complexity index is 1420. The molecule has 1 aliphatic carbocycles. The molecule has 39 heavy (non-hydrogen) atoms. The van der Waals surface area contributed by atoms with Crippen LogP contribution < -0.4 is 15.5 Å². The lowest BCUT2D eigenvalue weighted by atomic mass is 10.1. The first-order valence-electron chi connectivity index (χ1n) is 12.4. The van der Waals surface area contributed by atoms with Gasteiger partial charge in [0.2, 0.25) is 0 Å². The number of rotatable bonds is 7. The zero-order chi connectivity index (χ0) is 27.8. The molecule has 1 aliphatic rings. The van der Waals surface area contributed by atoms with E-state index in [-0.39, 0.29) is 12.4 Å². The van der Waals surface area contributed by atoms with E-state index >= 15 is 0 Å². The van der Waals surface area contributed by atoms with Crippen LogP contribution in [0.2, 0.25) is 5.02 Å². The van der Waals surface area contributed by atoms with E-state index in [2.05, 4.69) is 15.8 Å². The summed E-state index contributed by atoms with van der Waals surface area (Å²) in [5, 5.41) is 7.17. The number of esters is 2. The summed E-state index contributed by atoms with van der Waals surface area (Å²) in [4.78, 5) is 51.3. The molecule has 4 rings (SSSR count). The van der Waals surface area contributed by atoms with Crippen molar-refractivity contribution in [2.24, 2.45) is 5.10 Å². The third-order valence-corrected chi connectivity index (χ3v) is 7.36. The molecule has 3 aromatic rings. The zero-order valence-electron chi connectivity index (χ0n) is 21.1. The molecular formula is C28H26ClN3O6S. The van der Waals surface area contributed by atoms with Crippen molar-refractivity contribution in [3.63, 3.8) is 0 Å². The van der Waals surface area contributed by atoms with Crippen molar-refractivity contribution in [1.82, 2.24) is 5.43 Å². The Morgan fingerprint density at radius 1 is 0.974 bits per heavy atom. The lowest BCUT2D eigenvalue weighted by Crippen LogP contribution is -2.32. The van der Waals surface area contributed by atoms with E-state index in [0.29, 0.717) is 33.1 Å². The number of hydrazone groups is 1. The maximum atomic E-state index is 12.7. The highest BCUT2D eigenvalue weighted by Crippen LogP contribution is 2.38. The van der Waals surface area contributed by atoms with Gasteiger partial charge in [0.1, 0.15) is 10.8 Å². The Hall–Kier alpha value is -4.02. The van der Waals surface area contributed by atoms with Gasteiger partial charge in [0.05, 0.1) is 23.9 Å². The highest BCUT2D eigenvalue weighted by molar-refractivity contribution is 7.17. The lowest BCUT2D eigenvalue weighted by molar-refractivity contribution is -0.136. The number of halogens is 1. The molecule has 0 atom stereocenters. The van der Waals surface area contributed by atoms with Crippen molar-refractivity contribution < 1.29 is 28.7 Å². The Morgan fingerprint density at radius 3 is 2.49 bits per heavy atom. The van der Waals surface area contributed by atoms with E-state index in [1.807, 2.05) is 0 Å². The van der Waals surface area contributed by atoms with Gasteiger partial charge in [-0.05, 0) is 74.6 Å². The van der Waals surface area contributed by atoms with Crippen LogP contribution in [-0.4, -0.2) is 36.6 Å². The summed E-state index contributed by atoms with van der Waals surface area (Å²) in [6.45, 7) is 1.91. The lowest BCUT2D eigenvalue weighted by Gasteiger charge is -2.08. The molecule has 2 amide bonds. The van der Waals surface area contributed by atoms with E-state index in [1.54, 1.807) is 55.5 Å². The highest BCUT2D eigenvalue weighted by Gasteiger charge is 2.28. The molecular weight excluding hydrogens is 542 g/mol. The molecule has 1 heterocycles. The van der Waals surface area contributed by atoms with E-state index in [0.717, 1.165) is 36.1 Å². The molecule has 9 nitrogen and oxygen atoms in total. The summed E-state index contributed by atoms with van der Waals surface area (Å²) < 4.78 is 10.7. The van der Waals surface area contributed by atoms with Crippen LogP contribution in [0, 0.1) is 0 Å². The number of anilines is 1. The number of carbonyl (C=O) groups excluding carboxylic acids is 4. The number of nitrogens with zero attached hydrogens (tertiary/aromatic N) is 1. The van der Waals surface area contributed by atoms with Crippen molar-refractivity contribution in [2.75, 3.05) is 11.9 Å². The maximum absolute atomic E-state index is 12.7. The van der Waals surface area contributed by atoms with Crippen LogP contribution in [0.15, 0.2) is 53.6 Å². The maximum Gasteiger partial charge on any atom is 0.343 e. The molecule has 1 aromatic heterocycles. The molecule has 0 fully saturated rings. The summed E-state index contributed by atoms with van der Waals surface area (Å²) in [6, 6.07) is 12.8. The molecule has 0 aliphatic heterocycles. The smallest absolute Gasteiger partial charge is 0.343 e. The Balaban J connectivity index is 1.42. The van der Waals surface area contributed by atoms with Crippen molar-refractivity contribution >= 4 is 57.9 Å². The van der Waals surface area contributed by atoms with Crippen molar-refractivity contribution in [3.8, 4) is 5.75 Å².